The Morgan fingerprint density at radius 2 is 2.00 bits per heavy atom. The van der Waals surface area contributed by atoms with Gasteiger partial charge in [0.15, 0.2) is 6.39 Å². The zero-order valence-corrected chi connectivity index (χ0v) is 14.1. The molecule has 0 amide bonds. The Bertz CT molecular complexity index is 754. The van der Waals surface area contributed by atoms with E-state index >= 15 is 0 Å². The van der Waals surface area contributed by atoms with Gasteiger partial charge in [0.2, 0.25) is 0 Å². The molecule has 0 atom stereocenters. The van der Waals surface area contributed by atoms with Crippen LogP contribution in [0.5, 0.6) is 0 Å². The number of oxazole rings is 1. The largest absolute Gasteiger partial charge is 0.448 e. The molecule has 3 heterocycles. The molecule has 1 saturated carbocycles. The van der Waals surface area contributed by atoms with Gasteiger partial charge in [0.1, 0.15) is 5.76 Å². The minimum atomic E-state index is 0.0278. The third kappa shape index (κ3) is 3.43. The summed E-state index contributed by atoms with van der Waals surface area (Å²) in [7, 11) is 0. The molecule has 0 N–H and O–H groups in total. The van der Waals surface area contributed by atoms with Gasteiger partial charge in [-0.1, -0.05) is 0 Å². The summed E-state index contributed by atoms with van der Waals surface area (Å²) in [5.74, 6) is 2.02. The molecule has 6 heteroatoms. The number of nitrogens with zero attached hydrogens (tertiary/aromatic N) is 4. The van der Waals surface area contributed by atoms with Gasteiger partial charge in [0.05, 0.1) is 11.4 Å². The van der Waals surface area contributed by atoms with Crippen molar-refractivity contribution < 1.29 is 4.42 Å². The monoisotopic (exact) mass is 328 g/mol. The molecular formula is C18H24N4O2. The summed E-state index contributed by atoms with van der Waals surface area (Å²) in [5.41, 5.74) is 2.15. The Balaban J connectivity index is 1.34. The molecular weight excluding hydrogens is 304 g/mol. The molecule has 1 aliphatic heterocycles. The number of hydrogen-bond donors (Lipinski definition) is 0. The van der Waals surface area contributed by atoms with Gasteiger partial charge >= 0.3 is 0 Å². The second kappa shape index (κ2) is 6.51. The Morgan fingerprint density at radius 1 is 1.21 bits per heavy atom. The molecule has 2 fully saturated rings. The molecule has 128 valence electrons. The van der Waals surface area contributed by atoms with E-state index in [9.17, 15) is 4.79 Å². The van der Waals surface area contributed by atoms with Crippen LogP contribution >= 0.6 is 0 Å². The Morgan fingerprint density at radius 3 is 2.67 bits per heavy atom. The van der Waals surface area contributed by atoms with Gasteiger partial charge in [-0.25, -0.2) is 9.67 Å². The van der Waals surface area contributed by atoms with Crippen molar-refractivity contribution in [2.45, 2.75) is 51.6 Å². The minimum Gasteiger partial charge on any atom is -0.448 e. The number of likely N-dealkylation sites (tertiary alicyclic amines) is 1. The molecule has 0 aromatic carbocycles. The van der Waals surface area contributed by atoms with Crippen LogP contribution in [0.3, 0.4) is 0 Å². The van der Waals surface area contributed by atoms with E-state index in [0.717, 1.165) is 56.2 Å². The highest BCUT2D eigenvalue weighted by molar-refractivity contribution is 5.12. The predicted octanol–water partition coefficient (Wildman–Crippen LogP) is 2.33. The summed E-state index contributed by atoms with van der Waals surface area (Å²) >= 11 is 0. The summed E-state index contributed by atoms with van der Waals surface area (Å²) in [6, 6.07) is 3.59. The van der Waals surface area contributed by atoms with Crippen LogP contribution in [0.15, 0.2) is 27.7 Å². The standard InChI is InChI=1S/C18H24N4O2/c1-13-17(19-12-24-13)11-21-8-6-14(7-9-21)10-22-18(23)5-4-16(20-22)15-2-3-15/h4-5,12,14-15H,2-3,6-11H2,1H3. The highest BCUT2D eigenvalue weighted by Gasteiger charge is 2.26. The summed E-state index contributed by atoms with van der Waals surface area (Å²) < 4.78 is 6.96. The molecule has 2 aromatic heterocycles. The van der Waals surface area contributed by atoms with Crippen molar-refractivity contribution in [2.75, 3.05) is 13.1 Å². The normalized spacial score (nSPS) is 19.7. The smallest absolute Gasteiger partial charge is 0.266 e. The number of rotatable bonds is 5. The Labute approximate surface area is 141 Å². The zero-order chi connectivity index (χ0) is 16.5. The van der Waals surface area contributed by atoms with Crippen LogP contribution in [0, 0.1) is 12.8 Å². The van der Waals surface area contributed by atoms with Crippen molar-refractivity contribution in [1.82, 2.24) is 19.7 Å². The third-order valence-electron chi connectivity index (χ3n) is 5.24. The van der Waals surface area contributed by atoms with Crippen molar-refractivity contribution >= 4 is 0 Å². The zero-order valence-electron chi connectivity index (χ0n) is 14.1. The fraction of sp³-hybridized carbons (Fsp3) is 0.611. The van der Waals surface area contributed by atoms with E-state index in [4.69, 9.17) is 4.42 Å². The van der Waals surface area contributed by atoms with E-state index in [1.165, 1.54) is 19.2 Å². The van der Waals surface area contributed by atoms with Crippen molar-refractivity contribution in [3.8, 4) is 0 Å². The van der Waals surface area contributed by atoms with E-state index in [-0.39, 0.29) is 5.56 Å². The van der Waals surface area contributed by atoms with E-state index in [2.05, 4.69) is 15.0 Å². The Hall–Kier alpha value is -1.95. The van der Waals surface area contributed by atoms with Crippen molar-refractivity contribution in [3.63, 3.8) is 0 Å². The first kappa shape index (κ1) is 15.6. The molecule has 2 aliphatic rings. The number of hydrogen-bond acceptors (Lipinski definition) is 5. The van der Waals surface area contributed by atoms with E-state index in [1.807, 2.05) is 13.0 Å². The SMILES string of the molecule is Cc1ocnc1CN1CCC(Cn2nc(C3CC3)ccc2=O)CC1. The van der Waals surface area contributed by atoms with Gasteiger partial charge in [0, 0.05) is 25.1 Å². The first-order chi connectivity index (χ1) is 11.7. The van der Waals surface area contributed by atoms with Crippen LogP contribution in [0.4, 0.5) is 0 Å². The maximum atomic E-state index is 12.1. The quantitative estimate of drug-likeness (QED) is 0.843. The molecule has 2 aromatic rings. The predicted molar refractivity (Wildman–Crippen MR) is 89.7 cm³/mol. The summed E-state index contributed by atoms with van der Waals surface area (Å²) in [4.78, 5) is 18.8. The maximum Gasteiger partial charge on any atom is 0.266 e. The molecule has 4 rings (SSSR count). The van der Waals surface area contributed by atoms with Crippen molar-refractivity contribution in [3.05, 3.63) is 46.0 Å². The lowest BCUT2D eigenvalue weighted by atomic mass is 9.96. The molecule has 0 unspecified atom stereocenters. The van der Waals surface area contributed by atoms with Gasteiger partial charge in [-0.15, -0.1) is 0 Å². The van der Waals surface area contributed by atoms with Crippen LogP contribution in [-0.2, 0) is 13.1 Å². The maximum absolute atomic E-state index is 12.1. The fourth-order valence-corrected chi connectivity index (χ4v) is 3.46. The number of aryl methyl sites for hydroxylation is 1. The topological polar surface area (TPSA) is 64.2 Å². The van der Waals surface area contributed by atoms with Crippen LogP contribution in [0.2, 0.25) is 0 Å². The summed E-state index contributed by atoms with van der Waals surface area (Å²) in [6.07, 6.45) is 6.13. The van der Waals surface area contributed by atoms with Crippen LogP contribution in [-0.4, -0.2) is 32.8 Å². The second-order valence-corrected chi connectivity index (χ2v) is 7.13. The second-order valence-electron chi connectivity index (χ2n) is 7.13. The van der Waals surface area contributed by atoms with Gasteiger partial charge in [-0.05, 0) is 57.7 Å². The lowest BCUT2D eigenvalue weighted by Crippen LogP contribution is -2.36. The molecule has 0 bridgehead atoms. The number of piperidine rings is 1. The molecule has 0 radical (unpaired) electrons. The van der Waals surface area contributed by atoms with Crippen LogP contribution < -0.4 is 5.56 Å². The lowest BCUT2D eigenvalue weighted by Gasteiger charge is -2.31. The van der Waals surface area contributed by atoms with Gasteiger partial charge in [-0.2, -0.15) is 5.10 Å². The minimum absolute atomic E-state index is 0.0278. The van der Waals surface area contributed by atoms with Crippen LogP contribution in [0.1, 0.15) is 48.7 Å². The molecule has 6 nitrogen and oxygen atoms in total. The summed E-state index contributed by atoms with van der Waals surface area (Å²) in [6.45, 7) is 5.63. The van der Waals surface area contributed by atoms with Crippen molar-refractivity contribution in [2.24, 2.45) is 5.92 Å². The molecule has 0 spiro atoms. The van der Waals surface area contributed by atoms with E-state index < -0.39 is 0 Å². The molecule has 24 heavy (non-hydrogen) atoms. The van der Waals surface area contributed by atoms with Gasteiger partial charge in [-0.3, -0.25) is 9.69 Å². The van der Waals surface area contributed by atoms with Crippen LogP contribution in [0.25, 0.3) is 0 Å². The first-order valence-corrected chi connectivity index (χ1v) is 8.88. The molecule has 1 saturated heterocycles. The average molecular weight is 328 g/mol. The summed E-state index contributed by atoms with van der Waals surface area (Å²) in [5, 5.41) is 4.59. The average Bonchev–Trinajstić information content (AvgIpc) is 3.36. The van der Waals surface area contributed by atoms with E-state index in [1.54, 1.807) is 10.7 Å². The highest BCUT2D eigenvalue weighted by Crippen LogP contribution is 2.38. The number of aromatic nitrogens is 3. The fourth-order valence-electron chi connectivity index (χ4n) is 3.46. The van der Waals surface area contributed by atoms with Gasteiger partial charge < -0.3 is 4.42 Å². The van der Waals surface area contributed by atoms with E-state index in [0.29, 0.717) is 11.8 Å². The van der Waals surface area contributed by atoms with Gasteiger partial charge in [0.25, 0.3) is 5.56 Å². The Kier molecular flexibility index (Phi) is 4.22. The van der Waals surface area contributed by atoms with Crippen molar-refractivity contribution in [1.29, 1.82) is 0 Å². The third-order valence-corrected chi connectivity index (χ3v) is 5.24. The molecule has 1 aliphatic carbocycles. The highest BCUT2D eigenvalue weighted by atomic mass is 16.3. The lowest BCUT2D eigenvalue weighted by molar-refractivity contribution is 0.161. The first-order valence-electron chi connectivity index (χ1n) is 8.88.